The van der Waals surface area contributed by atoms with Crippen LogP contribution in [0.3, 0.4) is 0 Å². The lowest BCUT2D eigenvalue weighted by Gasteiger charge is -2.52. The molecule has 29 nitrogen and oxygen atoms in total. The molecular weight excluding hydrogens is 993 g/mol. The summed E-state index contributed by atoms with van der Waals surface area (Å²) in [6, 6.07) is -4.45. The van der Waals surface area contributed by atoms with Gasteiger partial charge in [0.15, 0.2) is 18.9 Å². The number of aliphatic hydroxyl groups is 13. The van der Waals surface area contributed by atoms with E-state index in [1.54, 1.807) is 0 Å². The highest BCUT2D eigenvalue weighted by Gasteiger charge is 2.61. The number of rotatable bonds is 26. The lowest BCUT2D eigenvalue weighted by molar-refractivity contribution is -0.359. The number of thioether (sulfide) groups is 1. The van der Waals surface area contributed by atoms with Gasteiger partial charge in [-0.25, -0.2) is 4.79 Å². The van der Waals surface area contributed by atoms with Crippen molar-refractivity contribution in [1.82, 2.24) is 16.0 Å². The lowest BCUT2D eigenvalue weighted by Crippen LogP contribution is -2.69. The van der Waals surface area contributed by atoms with E-state index in [0.29, 0.717) is 25.8 Å². The van der Waals surface area contributed by atoms with Gasteiger partial charge in [-0.3, -0.25) is 14.4 Å². The maximum atomic E-state index is 13.5. The third kappa shape index (κ3) is 15.2. The molecule has 0 spiro atoms. The summed E-state index contributed by atoms with van der Waals surface area (Å²) >= 11 is 0.132. The molecule has 30 heteroatoms. The summed E-state index contributed by atoms with van der Waals surface area (Å²) < 4.78 is 41.2. The Labute approximate surface area is 417 Å². The van der Waals surface area contributed by atoms with Gasteiger partial charge in [-0.2, -0.15) is 0 Å². The third-order valence-corrected chi connectivity index (χ3v) is 14.1. The van der Waals surface area contributed by atoms with Crippen LogP contribution in [0.4, 0.5) is 0 Å². The van der Waals surface area contributed by atoms with Crippen molar-refractivity contribution in [1.29, 1.82) is 0 Å². The normalized spacial score (nSPS) is 38.9. The molecule has 0 aromatic rings. The maximum absolute atomic E-state index is 13.5. The van der Waals surface area contributed by atoms with Crippen LogP contribution in [0.5, 0.6) is 0 Å². The van der Waals surface area contributed by atoms with Crippen LogP contribution in [-0.4, -0.2) is 273 Å². The highest BCUT2D eigenvalue weighted by molar-refractivity contribution is 8.01. The van der Waals surface area contributed by atoms with Gasteiger partial charge in [0, 0.05) is 26.7 Å². The second-order valence-electron chi connectivity index (χ2n) is 17.9. The molecule has 3 amide bonds. The van der Waals surface area contributed by atoms with Gasteiger partial charge < -0.3 is 126 Å². The number of hydrogen-bond acceptors (Lipinski definition) is 26. The Morgan fingerprint density at radius 3 is 1.92 bits per heavy atom. The predicted octanol–water partition coefficient (Wildman–Crippen LogP) is -8.96. The van der Waals surface area contributed by atoms with E-state index in [2.05, 4.69) is 22.5 Å². The molecule has 4 heterocycles. The quantitative estimate of drug-likeness (QED) is 0.0282. The van der Waals surface area contributed by atoms with E-state index in [1.165, 1.54) is 0 Å². The van der Waals surface area contributed by atoms with Crippen molar-refractivity contribution in [3.05, 3.63) is 12.7 Å². The Morgan fingerprint density at radius 1 is 0.764 bits per heavy atom. The van der Waals surface area contributed by atoms with Crippen LogP contribution >= 0.6 is 11.8 Å². The number of aliphatic carboxylic acids is 1. The Kier molecular flexibility index (Phi) is 24.3. The van der Waals surface area contributed by atoms with Gasteiger partial charge in [0.25, 0.3) is 0 Å². The van der Waals surface area contributed by atoms with Gasteiger partial charge in [-0.15, -0.1) is 18.3 Å². The van der Waals surface area contributed by atoms with Crippen LogP contribution in [0.15, 0.2) is 12.7 Å². The maximum Gasteiger partial charge on any atom is 0.346 e. The fourth-order valence-electron chi connectivity index (χ4n) is 8.65. The number of carbonyl (C=O) groups excluding carboxylic acids is 3. The van der Waals surface area contributed by atoms with Crippen molar-refractivity contribution in [3.8, 4) is 0 Å². The smallest absolute Gasteiger partial charge is 0.346 e. The molecule has 4 fully saturated rings. The highest BCUT2D eigenvalue weighted by atomic mass is 32.2. The van der Waals surface area contributed by atoms with Crippen molar-refractivity contribution in [2.45, 2.75) is 185 Å². The van der Waals surface area contributed by atoms with Crippen LogP contribution in [0.2, 0.25) is 0 Å². The van der Waals surface area contributed by atoms with Gasteiger partial charge in [0.05, 0.1) is 62.6 Å². The number of nitrogens with two attached hydrogens (primary N) is 1. The average molecular weight is 1070 g/mol. The first-order chi connectivity index (χ1) is 34.0. The lowest BCUT2D eigenvalue weighted by atomic mass is 9.89. The molecule has 0 aromatic heterocycles. The second-order valence-corrected chi connectivity index (χ2v) is 19.3. The van der Waals surface area contributed by atoms with Crippen LogP contribution < -0.4 is 21.7 Å². The third-order valence-electron chi connectivity index (χ3n) is 12.5. The highest BCUT2D eigenvalue weighted by Crippen LogP contribution is 2.47. The Morgan fingerprint density at radius 2 is 1.35 bits per heavy atom. The average Bonchev–Trinajstić information content (AvgIpc) is 3.34. The number of amides is 3. The second kappa shape index (κ2) is 28.3. The fourth-order valence-corrected chi connectivity index (χ4v) is 10.3. The Bertz CT molecular complexity index is 1750. The number of aliphatic hydroxyl groups excluding tert-OH is 13. The zero-order valence-electron chi connectivity index (χ0n) is 39.5. The van der Waals surface area contributed by atoms with Crippen molar-refractivity contribution < 1.29 is 124 Å². The Hall–Kier alpha value is -2.87. The summed E-state index contributed by atoms with van der Waals surface area (Å²) in [7, 11) is 0. The van der Waals surface area contributed by atoms with Crippen molar-refractivity contribution in [3.63, 3.8) is 0 Å². The molecule has 23 atom stereocenters. The van der Waals surface area contributed by atoms with E-state index >= 15 is 0 Å². The van der Waals surface area contributed by atoms with Gasteiger partial charge in [0.1, 0.15) is 85.4 Å². The number of carboxylic acid groups (broad SMARTS) is 1. The minimum Gasteiger partial charge on any atom is -0.478 e. The molecule has 0 aromatic carbocycles. The molecular formula is C42H72N4O25S. The predicted molar refractivity (Wildman–Crippen MR) is 240 cm³/mol. The summed E-state index contributed by atoms with van der Waals surface area (Å²) in [5, 5.41) is 157. The molecule has 4 aliphatic heterocycles. The molecule has 0 saturated carbocycles. The first-order valence-corrected chi connectivity index (χ1v) is 24.1. The van der Waals surface area contributed by atoms with E-state index < -0.39 is 202 Å². The van der Waals surface area contributed by atoms with Gasteiger partial charge in [-0.1, -0.05) is 12.5 Å². The van der Waals surface area contributed by atoms with Gasteiger partial charge >= 0.3 is 5.97 Å². The molecule has 0 aliphatic carbocycles. The summed E-state index contributed by atoms with van der Waals surface area (Å²) in [5.41, 5.74) is 5.51. The SMILES string of the molecule is C=C[C@@H](O)[C@H](CO[C@@H]1O[C@H](CO)[C@@H](O[C@@H]2O[C@H](CO)[C@H](O[C@@H]3O[C@H](CO)[C@H](O)[C@H](O)[C@H]3NC(C)=O)[C@H](S[C@]3(C(=O)O)C[C@H](O)[C@@H](NC(C)=O)[C@H]([C@H](O)[C@H](O)CO)O3)[C@H]2O)[C@H](O)[C@H]1O)NC(=O)CCCCCN. The van der Waals surface area contributed by atoms with Crippen molar-refractivity contribution in [2.24, 2.45) is 5.73 Å². The van der Waals surface area contributed by atoms with Gasteiger partial charge in [0.2, 0.25) is 22.7 Å². The topological polar surface area (TPSA) is 478 Å². The first kappa shape index (κ1) is 61.7. The van der Waals surface area contributed by atoms with Crippen LogP contribution in [-0.2, 0) is 52.3 Å². The number of carbonyl (C=O) groups is 4. The van der Waals surface area contributed by atoms with E-state index in [-0.39, 0.29) is 18.2 Å². The van der Waals surface area contributed by atoms with Crippen molar-refractivity contribution in [2.75, 3.05) is 39.6 Å². The zero-order valence-corrected chi connectivity index (χ0v) is 40.3. The molecule has 0 unspecified atom stereocenters. The minimum absolute atomic E-state index is 0.0822. The monoisotopic (exact) mass is 1060 g/mol. The fraction of sp³-hybridized carbons (Fsp3) is 0.857. The molecule has 4 rings (SSSR count). The first-order valence-electron chi connectivity index (χ1n) is 23.2. The molecule has 4 saturated heterocycles. The summed E-state index contributed by atoms with van der Waals surface area (Å²) in [5.74, 6) is -3.97. The number of nitrogens with one attached hydrogen (secondary N) is 3. The number of carboxylic acids is 1. The summed E-state index contributed by atoms with van der Waals surface area (Å²) in [6.45, 7) is 1.32. The van der Waals surface area contributed by atoms with Gasteiger partial charge in [-0.05, 0) is 19.4 Å². The summed E-state index contributed by atoms with van der Waals surface area (Å²) in [4.78, 5) is 47.8. The minimum atomic E-state index is -2.86. The van der Waals surface area contributed by atoms with E-state index in [0.717, 1.165) is 19.9 Å². The van der Waals surface area contributed by atoms with Crippen LogP contribution in [0.1, 0.15) is 46.0 Å². The molecule has 19 N–H and O–H groups in total. The standard InChI is InChI=1S/C42H72N4O25S/c1-4-19(53)18(46-25(56)8-6-5-7-9-43)15-65-39-32(61)31(60)34(23(13-49)67-39)69-40-33(62)37(35(24(14-50)68-40)70-38-27(45-17(3)52)30(59)29(58)22(12-48)66-38)72-42(41(63)64)10-20(54)26(44-16(2)51)36(71-42)28(57)21(55)11-47/h4,18-24,26-40,47-50,53-55,57-62H,1,5-15,43H2,2-3H3,(H,44,51)(H,45,52)(H,46,56)(H,63,64)/t18-,19+,20-,21+,22+,23+,24+,26+,27+,28+,29-,30+,31+,32+,33+,34+,35-,36+,37+,38-,39+,40-,42-/m0/s1. The van der Waals surface area contributed by atoms with Crippen LogP contribution in [0.25, 0.3) is 0 Å². The largest absolute Gasteiger partial charge is 0.478 e. The van der Waals surface area contributed by atoms with Crippen molar-refractivity contribution >= 4 is 35.5 Å². The zero-order chi connectivity index (χ0) is 53.8. The van der Waals surface area contributed by atoms with Crippen LogP contribution in [0, 0.1) is 0 Å². The van der Waals surface area contributed by atoms with E-state index in [4.69, 9.17) is 38.9 Å². The van der Waals surface area contributed by atoms with E-state index in [1.807, 2.05) is 0 Å². The van der Waals surface area contributed by atoms with E-state index in [9.17, 15) is 90.7 Å². The molecule has 0 radical (unpaired) electrons. The molecule has 416 valence electrons. The molecule has 0 bridgehead atoms. The number of ether oxygens (including phenoxy) is 7. The Balaban J connectivity index is 1.72. The number of unbranched alkanes of at least 4 members (excludes halogenated alkanes) is 2. The molecule has 72 heavy (non-hydrogen) atoms. The summed E-state index contributed by atoms with van der Waals surface area (Å²) in [6.07, 6.45) is -32.3. The number of hydrogen-bond donors (Lipinski definition) is 18. The molecule has 4 aliphatic rings.